The van der Waals surface area contributed by atoms with Crippen molar-refractivity contribution in [3.05, 3.63) is 59.7 Å². The van der Waals surface area contributed by atoms with Crippen molar-refractivity contribution in [2.75, 3.05) is 18.9 Å². The van der Waals surface area contributed by atoms with Gasteiger partial charge in [0, 0.05) is 17.4 Å². The van der Waals surface area contributed by atoms with Crippen molar-refractivity contribution in [2.24, 2.45) is 5.92 Å². The third-order valence-electron chi connectivity index (χ3n) is 4.63. The highest BCUT2D eigenvalue weighted by molar-refractivity contribution is 8.00. The molecule has 1 amide bonds. The second-order valence-corrected chi connectivity index (χ2v) is 8.90. The van der Waals surface area contributed by atoms with Crippen molar-refractivity contribution in [3.63, 3.8) is 0 Å². The van der Waals surface area contributed by atoms with E-state index < -0.39 is 0 Å². The first kappa shape index (κ1) is 18.8. The summed E-state index contributed by atoms with van der Waals surface area (Å²) < 4.78 is 5.78. The number of rotatable bonds is 5. The fourth-order valence-electron chi connectivity index (χ4n) is 3.03. The summed E-state index contributed by atoms with van der Waals surface area (Å²) in [6.45, 7) is 7.94. The Morgan fingerprint density at radius 3 is 2.62 bits per heavy atom. The molecule has 1 N–H and O–H groups in total. The minimum Gasteiger partial charge on any atom is -0.493 e. The van der Waals surface area contributed by atoms with Crippen LogP contribution >= 0.6 is 11.8 Å². The fraction of sp³-hybridized carbons (Fsp3) is 0.409. The van der Waals surface area contributed by atoms with Crippen LogP contribution in [-0.2, 0) is 16.6 Å². The number of amides is 1. The highest BCUT2D eigenvalue weighted by atomic mass is 32.2. The van der Waals surface area contributed by atoms with E-state index in [1.807, 2.05) is 18.2 Å². The van der Waals surface area contributed by atoms with Crippen LogP contribution in [0.2, 0.25) is 0 Å². The molecule has 3 rings (SSSR count). The number of fused-ring (bicyclic) bond motifs is 1. The summed E-state index contributed by atoms with van der Waals surface area (Å²) in [5.74, 6) is 1.84. The Hall–Kier alpha value is -1.94. The molecule has 1 unspecified atom stereocenters. The number of nitrogens with one attached hydrogen (secondary N) is 1. The van der Waals surface area contributed by atoms with E-state index in [1.165, 1.54) is 11.1 Å². The molecule has 2 aromatic carbocycles. The van der Waals surface area contributed by atoms with Crippen molar-refractivity contribution in [3.8, 4) is 5.75 Å². The lowest BCUT2D eigenvalue weighted by Gasteiger charge is -2.25. The quantitative estimate of drug-likeness (QED) is 0.792. The number of hydrogen-bond acceptors (Lipinski definition) is 3. The molecule has 0 saturated carbocycles. The SMILES string of the molecule is CC(C)(C)c1ccc(SCC(=O)NCC2COc3ccccc3C2)cc1. The van der Waals surface area contributed by atoms with E-state index >= 15 is 0 Å². The molecule has 0 bridgehead atoms. The molecule has 3 nitrogen and oxygen atoms in total. The third kappa shape index (κ3) is 5.04. The molecule has 2 aromatic rings. The Morgan fingerprint density at radius 2 is 1.88 bits per heavy atom. The Morgan fingerprint density at radius 1 is 1.15 bits per heavy atom. The smallest absolute Gasteiger partial charge is 0.230 e. The van der Waals surface area contributed by atoms with Crippen molar-refractivity contribution in [2.45, 2.75) is 37.5 Å². The molecule has 1 aliphatic heterocycles. The van der Waals surface area contributed by atoms with Crippen LogP contribution in [0, 0.1) is 5.92 Å². The van der Waals surface area contributed by atoms with E-state index in [2.05, 4.69) is 56.4 Å². The predicted molar refractivity (Wildman–Crippen MR) is 108 cm³/mol. The zero-order chi connectivity index (χ0) is 18.6. The molecule has 0 saturated heterocycles. The summed E-state index contributed by atoms with van der Waals surface area (Å²) >= 11 is 1.58. The van der Waals surface area contributed by atoms with Gasteiger partial charge in [0.25, 0.3) is 0 Å². The van der Waals surface area contributed by atoms with Gasteiger partial charge in [0.2, 0.25) is 5.91 Å². The number of carbonyl (C=O) groups is 1. The lowest BCUT2D eigenvalue weighted by molar-refractivity contribution is -0.118. The number of ether oxygens (including phenoxy) is 1. The van der Waals surface area contributed by atoms with E-state index in [1.54, 1.807) is 11.8 Å². The maximum Gasteiger partial charge on any atom is 0.230 e. The average Bonchev–Trinajstić information content (AvgIpc) is 2.64. The molecule has 26 heavy (non-hydrogen) atoms. The molecular weight excluding hydrogens is 342 g/mol. The first-order valence-electron chi connectivity index (χ1n) is 9.12. The Labute approximate surface area is 160 Å². The van der Waals surface area contributed by atoms with Crippen LogP contribution < -0.4 is 10.1 Å². The number of para-hydroxylation sites is 1. The van der Waals surface area contributed by atoms with Crippen LogP contribution in [0.15, 0.2) is 53.4 Å². The van der Waals surface area contributed by atoms with Gasteiger partial charge in [-0.1, -0.05) is 51.1 Å². The molecule has 1 atom stereocenters. The molecule has 1 aliphatic rings. The van der Waals surface area contributed by atoms with Gasteiger partial charge in [-0.3, -0.25) is 4.79 Å². The van der Waals surface area contributed by atoms with E-state index in [-0.39, 0.29) is 11.3 Å². The van der Waals surface area contributed by atoms with Crippen LogP contribution in [0.5, 0.6) is 5.75 Å². The monoisotopic (exact) mass is 369 g/mol. The molecule has 138 valence electrons. The van der Waals surface area contributed by atoms with Crippen LogP contribution in [0.3, 0.4) is 0 Å². The maximum absolute atomic E-state index is 12.2. The van der Waals surface area contributed by atoms with Crippen LogP contribution in [-0.4, -0.2) is 24.8 Å². The Balaban J connectivity index is 1.42. The lowest BCUT2D eigenvalue weighted by Crippen LogP contribution is -2.35. The minimum absolute atomic E-state index is 0.0776. The van der Waals surface area contributed by atoms with Gasteiger partial charge in [-0.2, -0.15) is 0 Å². The van der Waals surface area contributed by atoms with Gasteiger partial charge < -0.3 is 10.1 Å². The topological polar surface area (TPSA) is 38.3 Å². The molecule has 0 aliphatic carbocycles. The van der Waals surface area contributed by atoms with E-state index in [9.17, 15) is 4.79 Å². The molecule has 4 heteroatoms. The number of hydrogen-bond donors (Lipinski definition) is 1. The van der Waals surface area contributed by atoms with Crippen molar-refractivity contribution < 1.29 is 9.53 Å². The molecular formula is C22H27NO2S. The maximum atomic E-state index is 12.2. The van der Waals surface area contributed by atoms with Crippen LogP contribution in [0.4, 0.5) is 0 Å². The summed E-state index contributed by atoms with van der Waals surface area (Å²) in [5, 5.41) is 3.05. The van der Waals surface area contributed by atoms with Gasteiger partial charge in [0.05, 0.1) is 12.4 Å². The van der Waals surface area contributed by atoms with Gasteiger partial charge >= 0.3 is 0 Å². The largest absolute Gasteiger partial charge is 0.493 e. The minimum atomic E-state index is 0.0776. The number of carbonyl (C=O) groups excluding carboxylic acids is 1. The van der Waals surface area contributed by atoms with Gasteiger partial charge in [-0.25, -0.2) is 0 Å². The predicted octanol–water partition coefficient (Wildman–Crippen LogP) is 4.44. The van der Waals surface area contributed by atoms with E-state index in [4.69, 9.17) is 4.74 Å². The molecule has 0 fully saturated rings. The second kappa shape index (κ2) is 8.17. The van der Waals surface area contributed by atoms with Crippen LogP contribution in [0.25, 0.3) is 0 Å². The summed E-state index contributed by atoms with van der Waals surface area (Å²) in [4.78, 5) is 13.3. The standard InChI is InChI=1S/C22H27NO2S/c1-22(2,3)18-8-10-19(11-9-18)26-15-21(24)23-13-16-12-17-6-4-5-7-20(17)25-14-16/h4-11,16H,12-15H2,1-3H3,(H,23,24). The van der Waals surface area contributed by atoms with E-state index in [0.29, 0.717) is 24.8 Å². The first-order valence-corrected chi connectivity index (χ1v) is 10.1. The summed E-state index contributed by atoms with van der Waals surface area (Å²) in [6, 6.07) is 16.6. The second-order valence-electron chi connectivity index (χ2n) is 7.86. The number of thioether (sulfide) groups is 1. The molecule has 0 aromatic heterocycles. The molecule has 1 heterocycles. The van der Waals surface area contributed by atoms with Gasteiger partial charge in [-0.05, 0) is 41.2 Å². The van der Waals surface area contributed by atoms with Crippen LogP contribution in [0.1, 0.15) is 31.9 Å². The van der Waals surface area contributed by atoms with Crippen molar-refractivity contribution >= 4 is 17.7 Å². The van der Waals surface area contributed by atoms with Crippen molar-refractivity contribution in [1.29, 1.82) is 0 Å². The Bertz CT molecular complexity index is 749. The first-order chi connectivity index (χ1) is 12.4. The summed E-state index contributed by atoms with van der Waals surface area (Å²) in [5.41, 5.74) is 2.69. The number of benzene rings is 2. The average molecular weight is 370 g/mol. The normalized spacial score (nSPS) is 16.5. The van der Waals surface area contributed by atoms with Gasteiger partial charge in [0.15, 0.2) is 0 Å². The highest BCUT2D eigenvalue weighted by Gasteiger charge is 2.20. The van der Waals surface area contributed by atoms with Gasteiger partial charge in [0.1, 0.15) is 5.75 Å². The summed E-state index contributed by atoms with van der Waals surface area (Å²) in [6.07, 6.45) is 0.956. The molecule has 0 radical (unpaired) electrons. The molecule has 0 spiro atoms. The fourth-order valence-corrected chi connectivity index (χ4v) is 3.76. The zero-order valence-electron chi connectivity index (χ0n) is 15.7. The third-order valence-corrected chi connectivity index (χ3v) is 5.65. The Kier molecular flexibility index (Phi) is 5.92. The van der Waals surface area contributed by atoms with Gasteiger partial charge in [-0.15, -0.1) is 11.8 Å². The highest BCUT2D eigenvalue weighted by Crippen LogP contribution is 2.27. The zero-order valence-corrected chi connectivity index (χ0v) is 16.6. The summed E-state index contributed by atoms with van der Waals surface area (Å²) in [7, 11) is 0. The lowest BCUT2D eigenvalue weighted by atomic mass is 9.87. The van der Waals surface area contributed by atoms with E-state index in [0.717, 1.165) is 17.1 Å². The van der Waals surface area contributed by atoms with Crippen molar-refractivity contribution in [1.82, 2.24) is 5.32 Å².